The van der Waals surface area contributed by atoms with Gasteiger partial charge in [-0.05, 0) is 37.0 Å². The summed E-state index contributed by atoms with van der Waals surface area (Å²) in [5.74, 6) is -0.112. The Morgan fingerprint density at radius 2 is 1.88 bits per heavy atom. The molecule has 0 aliphatic heterocycles. The molecule has 1 aliphatic rings. The zero-order valence-electron chi connectivity index (χ0n) is 14.2. The van der Waals surface area contributed by atoms with E-state index in [1.54, 1.807) is 23.1 Å². The Hall–Kier alpha value is -2.89. The van der Waals surface area contributed by atoms with Gasteiger partial charge >= 0.3 is 0 Å². The molecule has 0 bridgehead atoms. The van der Waals surface area contributed by atoms with E-state index in [1.165, 1.54) is 6.42 Å². The zero-order chi connectivity index (χ0) is 17.2. The molecule has 0 radical (unpaired) electrons. The number of aromatic nitrogens is 4. The molecule has 25 heavy (non-hydrogen) atoms. The van der Waals surface area contributed by atoms with Crippen molar-refractivity contribution in [3.8, 4) is 0 Å². The second kappa shape index (κ2) is 6.55. The number of aryl methyl sites for hydroxylation is 1. The molecule has 1 amide bonds. The zero-order valence-corrected chi connectivity index (χ0v) is 14.2. The topological polar surface area (TPSA) is 64.7 Å². The largest absolute Gasteiger partial charge is 0.338 e. The van der Waals surface area contributed by atoms with Crippen molar-refractivity contribution < 1.29 is 4.79 Å². The number of nitrogens with zero attached hydrogens (tertiary/aromatic N) is 4. The lowest BCUT2D eigenvalue weighted by Gasteiger charge is -2.27. The number of carbonyl (C=O) groups is 1. The summed E-state index contributed by atoms with van der Waals surface area (Å²) in [6.45, 7) is 0. The first-order valence-corrected chi connectivity index (χ1v) is 8.61. The van der Waals surface area contributed by atoms with Crippen LogP contribution in [0.4, 0.5) is 0 Å². The standard InChI is InChI=1S/C19H21N5O/c1-23-16(10-12-20-23)18(14-6-3-2-4-7-14)22-19(25)17-11-13-21-24(17)15-8-5-9-15/h2-4,6-7,10-13,15,18H,5,8-9H2,1H3,(H,22,25). The van der Waals surface area contributed by atoms with Gasteiger partial charge in [-0.2, -0.15) is 10.2 Å². The van der Waals surface area contributed by atoms with E-state index in [9.17, 15) is 4.79 Å². The highest BCUT2D eigenvalue weighted by Gasteiger charge is 2.27. The third-order valence-electron chi connectivity index (χ3n) is 4.89. The lowest BCUT2D eigenvalue weighted by Crippen LogP contribution is -2.33. The predicted molar refractivity (Wildman–Crippen MR) is 94.1 cm³/mol. The lowest BCUT2D eigenvalue weighted by atomic mass is 9.93. The summed E-state index contributed by atoms with van der Waals surface area (Å²) in [6, 6.07) is 13.8. The van der Waals surface area contributed by atoms with Crippen molar-refractivity contribution in [2.24, 2.45) is 7.05 Å². The van der Waals surface area contributed by atoms with Crippen LogP contribution in [0.2, 0.25) is 0 Å². The molecule has 1 unspecified atom stereocenters. The van der Waals surface area contributed by atoms with Crippen LogP contribution in [-0.4, -0.2) is 25.5 Å². The first kappa shape index (κ1) is 15.6. The summed E-state index contributed by atoms with van der Waals surface area (Å²) in [5, 5.41) is 11.8. The summed E-state index contributed by atoms with van der Waals surface area (Å²) in [6.07, 6.45) is 6.83. The Morgan fingerprint density at radius 3 is 2.52 bits per heavy atom. The summed E-state index contributed by atoms with van der Waals surface area (Å²) >= 11 is 0. The molecule has 1 aromatic carbocycles. The number of nitrogens with one attached hydrogen (secondary N) is 1. The molecule has 1 N–H and O–H groups in total. The minimum atomic E-state index is -0.258. The molecule has 6 nitrogen and oxygen atoms in total. The number of rotatable bonds is 5. The monoisotopic (exact) mass is 335 g/mol. The predicted octanol–water partition coefficient (Wildman–Crippen LogP) is 2.86. The maximum atomic E-state index is 13.0. The van der Waals surface area contributed by atoms with Crippen molar-refractivity contribution in [2.75, 3.05) is 0 Å². The van der Waals surface area contributed by atoms with Crippen LogP contribution in [0.1, 0.15) is 53.1 Å². The van der Waals surface area contributed by atoms with Crippen LogP contribution in [0.3, 0.4) is 0 Å². The van der Waals surface area contributed by atoms with Crippen LogP contribution < -0.4 is 5.32 Å². The van der Waals surface area contributed by atoms with E-state index in [0.29, 0.717) is 11.7 Å². The molecule has 4 rings (SSSR count). The van der Waals surface area contributed by atoms with Crippen molar-refractivity contribution in [2.45, 2.75) is 31.3 Å². The van der Waals surface area contributed by atoms with Gasteiger partial charge in [-0.3, -0.25) is 14.2 Å². The highest BCUT2D eigenvalue weighted by atomic mass is 16.2. The number of amides is 1. The molecule has 6 heteroatoms. The van der Waals surface area contributed by atoms with Crippen LogP contribution in [0.5, 0.6) is 0 Å². The molecular formula is C19H21N5O. The Morgan fingerprint density at radius 1 is 1.12 bits per heavy atom. The van der Waals surface area contributed by atoms with Crippen molar-refractivity contribution in [1.29, 1.82) is 0 Å². The van der Waals surface area contributed by atoms with Crippen molar-refractivity contribution in [1.82, 2.24) is 24.9 Å². The molecular weight excluding hydrogens is 314 g/mol. The molecule has 2 aromatic heterocycles. The summed E-state index contributed by atoms with van der Waals surface area (Å²) in [7, 11) is 1.88. The fourth-order valence-electron chi connectivity index (χ4n) is 3.26. The van der Waals surface area contributed by atoms with E-state index in [-0.39, 0.29) is 11.9 Å². The second-order valence-corrected chi connectivity index (χ2v) is 6.44. The van der Waals surface area contributed by atoms with Crippen molar-refractivity contribution >= 4 is 5.91 Å². The highest BCUT2D eigenvalue weighted by molar-refractivity contribution is 5.93. The molecule has 0 spiro atoms. The van der Waals surface area contributed by atoms with Crippen LogP contribution in [0, 0.1) is 0 Å². The second-order valence-electron chi connectivity index (χ2n) is 6.44. The van der Waals surface area contributed by atoms with Gasteiger partial charge in [-0.25, -0.2) is 0 Å². The average molecular weight is 335 g/mol. The molecule has 1 fully saturated rings. The molecule has 2 heterocycles. The Kier molecular flexibility index (Phi) is 4.09. The lowest BCUT2D eigenvalue weighted by molar-refractivity contribution is 0.0923. The number of hydrogen-bond donors (Lipinski definition) is 1. The fraction of sp³-hybridized carbons (Fsp3) is 0.316. The van der Waals surface area contributed by atoms with E-state index < -0.39 is 0 Å². The number of hydrogen-bond acceptors (Lipinski definition) is 3. The average Bonchev–Trinajstić information content (AvgIpc) is 3.21. The fourth-order valence-corrected chi connectivity index (χ4v) is 3.26. The van der Waals surface area contributed by atoms with Crippen molar-refractivity contribution in [3.63, 3.8) is 0 Å². The molecule has 128 valence electrons. The van der Waals surface area contributed by atoms with Crippen LogP contribution in [0.25, 0.3) is 0 Å². The highest BCUT2D eigenvalue weighted by Crippen LogP contribution is 2.32. The number of benzene rings is 1. The summed E-state index contributed by atoms with van der Waals surface area (Å²) < 4.78 is 3.66. The smallest absolute Gasteiger partial charge is 0.270 e. The van der Waals surface area contributed by atoms with E-state index in [0.717, 1.165) is 24.1 Å². The van der Waals surface area contributed by atoms with Gasteiger partial charge in [0, 0.05) is 19.4 Å². The van der Waals surface area contributed by atoms with E-state index in [2.05, 4.69) is 15.5 Å². The minimum Gasteiger partial charge on any atom is -0.338 e. The minimum absolute atomic E-state index is 0.112. The third kappa shape index (κ3) is 2.95. The quantitative estimate of drug-likeness (QED) is 0.780. The van der Waals surface area contributed by atoms with Gasteiger partial charge in [-0.15, -0.1) is 0 Å². The van der Waals surface area contributed by atoms with Gasteiger partial charge in [0.25, 0.3) is 5.91 Å². The van der Waals surface area contributed by atoms with Crippen LogP contribution in [-0.2, 0) is 7.05 Å². The van der Waals surface area contributed by atoms with Gasteiger partial charge in [0.2, 0.25) is 0 Å². The van der Waals surface area contributed by atoms with E-state index in [1.807, 2.05) is 48.1 Å². The number of carbonyl (C=O) groups excluding carboxylic acids is 1. The molecule has 0 saturated heterocycles. The van der Waals surface area contributed by atoms with Gasteiger partial charge < -0.3 is 5.32 Å². The maximum absolute atomic E-state index is 13.0. The Balaban J connectivity index is 1.64. The summed E-state index contributed by atoms with van der Waals surface area (Å²) in [4.78, 5) is 13.0. The first-order chi connectivity index (χ1) is 12.2. The van der Waals surface area contributed by atoms with E-state index >= 15 is 0 Å². The molecule has 1 atom stereocenters. The first-order valence-electron chi connectivity index (χ1n) is 8.61. The molecule has 1 aliphatic carbocycles. The maximum Gasteiger partial charge on any atom is 0.270 e. The van der Waals surface area contributed by atoms with Crippen molar-refractivity contribution in [3.05, 3.63) is 71.8 Å². The third-order valence-corrected chi connectivity index (χ3v) is 4.89. The molecule has 1 saturated carbocycles. The van der Waals surface area contributed by atoms with Gasteiger partial charge in [-0.1, -0.05) is 30.3 Å². The Labute approximate surface area is 146 Å². The summed E-state index contributed by atoms with van der Waals surface area (Å²) in [5.41, 5.74) is 2.58. The Bertz CT molecular complexity index is 863. The van der Waals surface area contributed by atoms with Crippen LogP contribution >= 0.6 is 0 Å². The van der Waals surface area contributed by atoms with Gasteiger partial charge in [0.15, 0.2) is 0 Å². The van der Waals surface area contributed by atoms with Gasteiger partial charge in [0.1, 0.15) is 5.69 Å². The van der Waals surface area contributed by atoms with Gasteiger partial charge in [0.05, 0.1) is 17.8 Å². The molecule has 3 aromatic rings. The van der Waals surface area contributed by atoms with E-state index in [4.69, 9.17) is 0 Å². The normalized spacial score (nSPS) is 15.6. The van der Waals surface area contributed by atoms with Crippen LogP contribution in [0.15, 0.2) is 54.9 Å². The SMILES string of the molecule is Cn1nccc1C(NC(=O)c1ccnn1C1CCC1)c1ccccc1.